The van der Waals surface area contributed by atoms with E-state index < -0.39 is 23.4 Å². The molecule has 4 N–H and O–H groups in total. The first-order valence-electron chi connectivity index (χ1n) is 10.3. The minimum Gasteiger partial charge on any atom is -0.507 e. The topological polar surface area (TPSA) is 109 Å². The number of nitriles is 1. The molecular weight excluding hydrogens is 491 g/mol. The summed E-state index contributed by atoms with van der Waals surface area (Å²) in [6, 6.07) is 9.06. The first-order valence-corrected chi connectivity index (χ1v) is 11.6. The number of pyridine rings is 1. The fourth-order valence-corrected chi connectivity index (χ4v) is 4.61. The number of aromatic amines is 1. The number of aliphatic hydroxyl groups is 1. The van der Waals surface area contributed by atoms with E-state index >= 15 is 0 Å². The Hall–Kier alpha value is -2.71. The highest BCUT2D eigenvalue weighted by Gasteiger charge is 2.31. The van der Waals surface area contributed by atoms with Crippen LogP contribution < -0.4 is 10.9 Å². The summed E-state index contributed by atoms with van der Waals surface area (Å²) in [6.45, 7) is 0.939. The van der Waals surface area contributed by atoms with Crippen LogP contribution in [0.5, 0.6) is 5.75 Å². The first-order chi connectivity index (χ1) is 16.1. The summed E-state index contributed by atoms with van der Waals surface area (Å²) in [5, 5.41) is 32.7. The Kier molecular flexibility index (Phi) is 8.49. The van der Waals surface area contributed by atoms with Crippen LogP contribution in [0.3, 0.4) is 0 Å². The van der Waals surface area contributed by atoms with Crippen LogP contribution in [-0.2, 0) is 6.18 Å². The molecule has 1 atom stereocenters. The van der Waals surface area contributed by atoms with Crippen LogP contribution in [0.2, 0.25) is 5.02 Å². The standard InChI is InChI=1S/C23H21ClF3N3O3S/c24-14-3-5-19(32)17(11-14)20-16-10-13(23(25,26)27)2-4-18(16)30-22(33)21(20)34-12-15(31)6-9-29-8-1-7-28/h2-5,10-11,15,29,31-32H,1,6,8-9,12H2,(H,30,33). The number of aliphatic hydroxyl groups excluding tert-OH is 1. The van der Waals surface area contributed by atoms with Gasteiger partial charge >= 0.3 is 6.18 Å². The number of aromatic nitrogens is 1. The predicted octanol–water partition coefficient (Wildman–Crippen LogP) is 4.92. The molecule has 0 aliphatic heterocycles. The van der Waals surface area contributed by atoms with Gasteiger partial charge in [-0.1, -0.05) is 11.6 Å². The van der Waals surface area contributed by atoms with E-state index in [0.717, 1.165) is 23.9 Å². The van der Waals surface area contributed by atoms with Gasteiger partial charge in [-0.15, -0.1) is 11.8 Å². The van der Waals surface area contributed by atoms with E-state index in [4.69, 9.17) is 16.9 Å². The lowest BCUT2D eigenvalue weighted by Gasteiger charge is -2.17. The van der Waals surface area contributed by atoms with Crippen LogP contribution in [0, 0.1) is 11.3 Å². The minimum atomic E-state index is -4.61. The van der Waals surface area contributed by atoms with Gasteiger partial charge in [-0.25, -0.2) is 0 Å². The number of phenolic OH excluding ortho intramolecular Hbond substituents is 1. The van der Waals surface area contributed by atoms with Crippen molar-refractivity contribution in [2.75, 3.05) is 18.8 Å². The van der Waals surface area contributed by atoms with Gasteiger partial charge in [-0.3, -0.25) is 4.79 Å². The van der Waals surface area contributed by atoms with Gasteiger partial charge in [-0.05, 0) is 49.4 Å². The van der Waals surface area contributed by atoms with Gasteiger partial charge in [-0.2, -0.15) is 18.4 Å². The smallest absolute Gasteiger partial charge is 0.416 e. The number of thioether (sulfide) groups is 1. The van der Waals surface area contributed by atoms with Gasteiger partial charge in [0.05, 0.1) is 22.6 Å². The maximum atomic E-state index is 13.4. The van der Waals surface area contributed by atoms with Gasteiger partial charge in [0.15, 0.2) is 0 Å². The molecule has 1 aromatic heterocycles. The number of nitrogens with zero attached hydrogens (tertiary/aromatic N) is 1. The second-order valence-corrected chi connectivity index (χ2v) is 8.96. The number of H-pyrrole nitrogens is 1. The molecule has 1 unspecified atom stereocenters. The second-order valence-electron chi connectivity index (χ2n) is 7.49. The molecule has 34 heavy (non-hydrogen) atoms. The zero-order valence-electron chi connectivity index (χ0n) is 17.7. The number of hydrogen-bond donors (Lipinski definition) is 4. The highest BCUT2D eigenvalue weighted by Crippen LogP contribution is 2.42. The van der Waals surface area contributed by atoms with Gasteiger partial charge in [0.2, 0.25) is 0 Å². The highest BCUT2D eigenvalue weighted by atomic mass is 35.5. The van der Waals surface area contributed by atoms with Gasteiger partial charge in [0.1, 0.15) is 5.75 Å². The Bertz CT molecular complexity index is 1270. The SMILES string of the molecule is N#CCCNCCC(O)CSc1c(-c2cc(Cl)ccc2O)c2cc(C(F)(F)F)ccc2[nH]c1=O. The number of aromatic hydroxyl groups is 1. The molecule has 11 heteroatoms. The summed E-state index contributed by atoms with van der Waals surface area (Å²) in [5.74, 6) is -0.167. The van der Waals surface area contributed by atoms with Crippen LogP contribution in [0.1, 0.15) is 18.4 Å². The van der Waals surface area contributed by atoms with Crippen LogP contribution in [-0.4, -0.2) is 40.1 Å². The first kappa shape index (κ1) is 25.9. The molecule has 3 aromatic rings. The molecule has 0 saturated heterocycles. The molecule has 0 saturated carbocycles. The lowest BCUT2D eigenvalue weighted by molar-refractivity contribution is -0.137. The molecule has 0 radical (unpaired) electrons. The third kappa shape index (κ3) is 6.24. The molecule has 3 rings (SSSR count). The van der Waals surface area contributed by atoms with Crippen LogP contribution in [0.15, 0.2) is 46.1 Å². The molecule has 0 spiro atoms. The molecule has 0 aliphatic carbocycles. The Morgan fingerprint density at radius 2 is 1.97 bits per heavy atom. The third-order valence-electron chi connectivity index (χ3n) is 5.01. The van der Waals surface area contributed by atoms with E-state index in [9.17, 15) is 28.2 Å². The summed E-state index contributed by atoms with van der Waals surface area (Å²) in [6.07, 6.45) is -4.75. The van der Waals surface area contributed by atoms with Crippen molar-refractivity contribution in [3.63, 3.8) is 0 Å². The molecule has 0 aliphatic rings. The lowest BCUT2D eigenvalue weighted by atomic mass is 9.98. The van der Waals surface area contributed by atoms with Crippen molar-refractivity contribution in [2.24, 2.45) is 0 Å². The third-order valence-corrected chi connectivity index (χ3v) is 6.48. The number of nitrogens with one attached hydrogen (secondary N) is 2. The molecule has 180 valence electrons. The molecule has 1 heterocycles. The van der Waals surface area contributed by atoms with E-state index in [1.54, 1.807) is 0 Å². The zero-order valence-corrected chi connectivity index (χ0v) is 19.3. The van der Waals surface area contributed by atoms with E-state index in [2.05, 4.69) is 10.3 Å². The number of phenols is 1. The Morgan fingerprint density at radius 3 is 2.68 bits per heavy atom. The fourth-order valence-electron chi connectivity index (χ4n) is 3.37. The van der Waals surface area contributed by atoms with Crippen molar-refractivity contribution in [1.29, 1.82) is 5.26 Å². The number of rotatable bonds is 9. The van der Waals surface area contributed by atoms with Crippen LogP contribution in [0.25, 0.3) is 22.0 Å². The van der Waals surface area contributed by atoms with E-state index in [1.165, 1.54) is 24.3 Å². The second kappa shape index (κ2) is 11.1. The molecule has 0 bridgehead atoms. The quantitative estimate of drug-likeness (QED) is 0.240. The maximum absolute atomic E-state index is 13.4. The molecule has 0 fully saturated rings. The van der Waals surface area contributed by atoms with Gasteiger partial charge < -0.3 is 20.5 Å². The largest absolute Gasteiger partial charge is 0.507 e. The average Bonchev–Trinajstić information content (AvgIpc) is 2.78. The van der Waals surface area contributed by atoms with E-state index in [1.807, 2.05) is 6.07 Å². The number of benzene rings is 2. The predicted molar refractivity (Wildman–Crippen MR) is 126 cm³/mol. The van der Waals surface area contributed by atoms with Gasteiger partial charge in [0.25, 0.3) is 5.56 Å². The summed E-state index contributed by atoms with van der Waals surface area (Å²) in [4.78, 5) is 15.6. The number of hydrogen-bond acceptors (Lipinski definition) is 6. The van der Waals surface area contributed by atoms with E-state index in [-0.39, 0.29) is 43.5 Å². The molecule has 6 nitrogen and oxygen atoms in total. The number of fused-ring (bicyclic) bond motifs is 1. The van der Waals surface area contributed by atoms with Crippen molar-refractivity contribution in [3.8, 4) is 22.9 Å². The van der Waals surface area contributed by atoms with Crippen molar-refractivity contribution in [3.05, 3.63) is 57.3 Å². The fraction of sp³-hybridized carbons (Fsp3) is 0.304. The van der Waals surface area contributed by atoms with Crippen LogP contribution >= 0.6 is 23.4 Å². The molecule has 2 aromatic carbocycles. The Balaban J connectivity index is 2.04. The van der Waals surface area contributed by atoms with E-state index in [0.29, 0.717) is 25.9 Å². The lowest BCUT2D eigenvalue weighted by Crippen LogP contribution is -2.23. The summed E-state index contributed by atoms with van der Waals surface area (Å²) >= 11 is 7.06. The normalized spacial score (nSPS) is 12.6. The summed E-state index contributed by atoms with van der Waals surface area (Å²) < 4.78 is 40.3. The van der Waals surface area contributed by atoms with Crippen molar-refractivity contribution >= 4 is 34.3 Å². The summed E-state index contributed by atoms with van der Waals surface area (Å²) in [7, 11) is 0. The zero-order chi connectivity index (χ0) is 24.9. The highest BCUT2D eigenvalue weighted by molar-refractivity contribution is 7.99. The van der Waals surface area contributed by atoms with Crippen molar-refractivity contribution in [2.45, 2.75) is 30.0 Å². The minimum absolute atomic E-state index is 0.0564. The van der Waals surface area contributed by atoms with Crippen molar-refractivity contribution in [1.82, 2.24) is 10.3 Å². The van der Waals surface area contributed by atoms with Crippen LogP contribution in [0.4, 0.5) is 13.2 Å². The van der Waals surface area contributed by atoms with Gasteiger partial charge in [0, 0.05) is 45.8 Å². The maximum Gasteiger partial charge on any atom is 0.416 e. The average molecular weight is 512 g/mol. The molecular formula is C23H21ClF3N3O3S. The number of alkyl halides is 3. The molecule has 0 amide bonds. The monoisotopic (exact) mass is 511 g/mol. The summed E-state index contributed by atoms with van der Waals surface area (Å²) in [5.41, 5.74) is -1.09. The Morgan fingerprint density at radius 1 is 1.21 bits per heavy atom. The van der Waals surface area contributed by atoms with Crippen molar-refractivity contribution < 1.29 is 23.4 Å². The Labute approximate surface area is 202 Å². The number of halogens is 4.